The zero-order valence-electron chi connectivity index (χ0n) is 13.4. The van der Waals surface area contributed by atoms with Gasteiger partial charge in [0.15, 0.2) is 11.5 Å². The van der Waals surface area contributed by atoms with Crippen molar-refractivity contribution in [3.63, 3.8) is 0 Å². The summed E-state index contributed by atoms with van der Waals surface area (Å²) in [5.41, 5.74) is 1.19. The summed E-state index contributed by atoms with van der Waals surface area (Å²) >= 11 is 0. The quantitative estimate of drug-likeness (QED) is 0.799. The van der Waals surface area contributed by atoms with E-state index in [9.17, 15) is 0 Å². The summed E-state index contributed by atoms with van der Waals surface area (Å²) in [7, 11) is 0. The molecule has 0 saturated heterocycles. The van der Waals surface area contributed by atoms with Gasteiger partial charge in [0.2, 0.25) is 0 Å². The lowest BCUT2D eigenvalue weighted by molar-refractivity contribution is 0.0899. The molecule has 0 saturated carbocycles. The third kappa shape index (κ3) is 4.90. The highest BCUT2D eigenvalue weighted by Gasteiger charge is 2.17. The molecule has 0 amide bonds. The van der Waals surface area contributed by atoms with Crippen molar-refractivity contribution in [1.82, 2.24) is 5.32 Å². The van der Waals surface area contributed by atoms with Crippen LogP contribution < -0.4 is 14.8 Å². The highest BCUT2D eigenvalue weighted by atomic mass is 16.6. The van der Waals surface area contributed by atoms with Crippen LogP contribution in [0.4, 0.5) is 0 Å². The lowest BCUT2D eigenvalue weighted by Gasteiger charge is -2.23. The average Bonchev–Trinajstić information content (AvgIpc) is 2.50. The topological polar surface area (TPSA) is 39.7 Å². The summed E-state index contributed by atoms with van der Waals surface area (Å²) in [6.45, 7) is 10.2. The van der Waals surface area contributed by atoms with E-state index in [4.69, 9.17) is 14.2 Å². The van der Waals surface area contributed by atoms with Crippen molar-refractivity contribution in [2.45, 2.75) is 33.2 Å². The molecule has 0 bridgehead atoms. The van der Waals surface area contributed by atoms with Crippen LogP contribution >= 0.6 is 0 Å². The van der Waals surface area contributed by atoms with E-state index in [2.05, 4.69) is 38.2 Å². The average molecular weight is 293 g/mol. The van der Waals surface area contributed by atoms with Gasteiger partial charge in [-0.1, -0.05) is 26.8 Å². The monoisotopic (exact) mass is 293 g/mol. The van der Waals surface area contributed by atoms with Crippen LogP contribution in [-0.4, -0.2) is 33.0 Å². The lowest BCUT2D eigenvalue weighted by atomic mass is 10.1. The van der Waals surface area contributed by atoms with E-state index in [-0.39, 0.29) is 6.04 Å². The maximum absolute atomic E-state index is 5.82. The van der Waals surface area contributed by atoms with Gasteiger partial charge in [0, 0.05) is 6.61 Å². The zero-order chi connectivity index (χ0) is 15.1. The van der Waals surface area contributed by atoms with Gasteiger partial charge >= 0.3 is 0 Å². The van der Waals surface area contributed by atoms with Crippen LogP contribution in [0.15, 0.2) is 18.2 Å². The predicted octanol–water partition coefficient (Wildman–Crippen LogP) is 3.17. The summed E-state index contributed by atoms with van der Waals surface area (Å²) in [5.74, 6) is 2.23. The van der Waals surface area contributed by atoms with E-state index in [1.165, 1.54) is 5.56 Å². The number of hydrogen-bond donors (Lipinski definition) is 1. The molecule has 4 heteroatoms. The van der Waals surface area contributed by atoms with E-state index in [1.807, 2.05) is 6.07 Å². The standard InChI is InChI=1S/C17H27NO3/c1-4-7-18-15(12-19-11-13(2)3)14-5-6-16-17(10-14)21-9-8-20-16/h5-6,10,13,15,18H,4,7-9,11-12H2,1-3H3. The van der Waals surface area contributed by atoms with Crippen LogP contribution in [0, 0.1) is 5.92 Å². The Morgan fingerprint density at radius 1 is 1.14 bits per heavy atom. The fourth-order valence-electron chi connectivity index (χ4n) is 2.29. The minimum atomic E-state index is 0.194. The highest BCUT2D eigenvalue weighted by Crippen LogP contribution is 2.32. The number of rotatable bonds is 8. The molecule has 1 heterocycles. The van der Waals surface area contributed by atoms with Crippen molar-refractivity contribution < 1.29 is 14.2 Å². The van der Waals surface area contributed by atoms with Crippen molar-refractivity contribution in [3.8, 4) is 11.5 Å². The van der Waals surface area contributed by atoms with Crippen molar-refractivity contribution in [1.29, 1.82) is 0 Å². The molecule has 1 aliphatic heterocycles. The Morgan fingerprint density at radius 2 is 1.90 bits per heavy atom. The maximum Gasteiger partial charge on any atom is 0.161 e. The number of nitrogens with one attached hydrogen (secondary N) is 1. The molecule has 118 valence electrons. The van der Waals surface area contributed by atoms with E-state index in [0.29, 0.717) is 25.7 Å². The first kappa shape index (κ1) is 16.1. The number of ether oxygens (including phenoxy) is 3. The van der Waals surface area contributed by atoms with Gasteiger partial charge in [0.25, 0.3) is 0 Å². The van der Waals surface area contributed by atoms with Crippen LogP contribution in [0.25, 0.3) is 0 Å². The molecule has 1 aromatic rings. The van der Waals surface area contributed by atoms with Gasteiger partial charge < -0.3 is 19.5 Å². The van der Waals surface area contributed by atoms with E-state index in [1.54, 1.807) is 0 Å². The summed E-state index contributed by atoms with van der Waals surface area (Å²) in [4.78, 5) is 0. The molecule has 1 unspecified atom stereocenters. The molecule has 0 radical (unpaired) electrons. The normalized spacial score (nSPS) is 15.2. The predicted molar refractivity (Wildman–Crippen MR) is 84.1 cm³/mol. The van der Waals surface area contributed by atoms with E-state index in [0.717, 1.165) is 31.1 Å². The SMILES string of the molecule is CCCNC(COCC(C)C)c1ccc2c(c1)OCCO2. The molecule has 1 aromatic carbocycles. The van der Waals surface area contributed by atoms with Crippen LogP contribution in [0.5, 0.6) is 11.5 Å². The Hall–Kier alpha value is -1.26. The van der Waals surface area contributed by atoms with Gasteiger partial charge in [-0.3, -0.25) is 0 Å². The Morgan fingerprint density at radius 3 is 2.62 bits per heavy atom. The fourth-order valence-corrected chi connectivity index (χ4v) is 2.29. The molecule has 21 heavy (non-hydrogen) atoms. The summed E-state index contributed by atoms with van der Waals surface area (Å²) in [6.07, 6.45) is 1.10. The molecular weight excluding hydrogens is 266 g/mol. The molecule has 1 aliphatic rings. The molecular formula is C17H27NO3. The summed E-state index contributed by atoms with van der Waals surface area (Å²) < 4.78 is 17.1. The van der Waals surface area contributed by atoms with Gasteiger partial charge in [-0.15, -0.1) is 0 Å². The van der Waals surface area contributed by atoms with Crippen molar-refractivity contribution >= 4 is 0 Å². The van der Waals surface area contributed by atoms with Crippen LogP contribution in [-0.2, 0) is 4.74 Å². The van der Waals surface area contributed by atoms with Crippen LogP contribution in [0.1, 0.15) is 38.8 Å². The number of fused-ring (bicyclic) bond motifs is 1. The molecule has 0 aliphatic carbocycles. The molecule has 0 spiro atoms. The maximum atomic E-state index is 5.82. The Kier molecular flexibility index (Phi) is 6.33. The molecule has 4 nitrogen and oxygen atoms in total. The highest BCUT2D eigenvalue weighted by molar-refractivity contribution is 5.44. The van der Waals surface area contributed by atoms with Crippen molar-refractivity contribution in [2.75, 3.05) is 33.0 Å². The first-order chi connectivity index (χ1) is 10.2. The van der Waals surface area contributed by atoms with Gasteiger partial charge in [-0.2, -0.15) is 0 Å². The third-order valence-electron chi connectivity index (χ3n) is 3.35. The molecule has 0 aromatic heterocycles. The second-order valence-corrected chi connectivity index (χ2v) is 5.84. The van der Waals surface area contributed by atoms with Crippen molar-refractivity contribution in [2.24, 2.45) is 5.92 Å². The second kappa shape index (κ2) is 8.25. The lowest BCUT2D eigenvalue weighted by Crippen LogP contribution is -2.27. The van der Waals surface area contributed by atoms with E-state index < -0.39 is 0 Å². The van der Waals surface area contributed by atoms with Crippen LogP contribution in [0.2, 0.25) is 0 Å². The smallest absolute Gasteiger partial charge is 0.161 e. The van der Waals surface area contributed by atoms with Gasteiger partial charge in [-0.25, -0.2) is 0 Å². The summed E-state index contributed by atoms with van der Waals surface area (Å²) in [6, 6.07) is 6.35. The fraction of sp³-hybridized carbons (Fsp3) is 0.647. The number of benzene rings is 1. The second-order valence-electron chi connectivity index (χ2n) is 5.84. The Bertz CT molecular complexity index is 434. The molecule has 1 atom stereocenters. The third-order valence-corrected chi connectivity index (χ3v) is 3.35. The van der Waals surface area contributed by atoms with Gasteiger partial charge in [0.05, 0.1) is 12.6 Å². The zero-order valence-corrected chi connectivity index (χ0v) is 13.4. The minimum absolute atomic E-state index is 0.194. The molecule has 1 N–H and O–H groups in total. The first-order valence-corrected chi connectivity index (χ1v) is 7.91. The largest absolute Gasteiger partial charge is 0.486 e. The Balaban J connectivity index is 2.04. The van der Waals surface area contributed by atoms with Gasteiger partial charge in [-0.05, 0) is 36.6 Å². The van der Waals surface area contributed by atoms with Crippen molar-refractivity contribution in [3.05, 3.63) is 23.8 Å². The van der Waals surface area contributed by atoms with Gasteiger partial charge in [0.1, 0.15) is 13.2 Å². The molecule has 2 rings (SSSR count). The Labute approximate surface area is 127 Å². The van der Waals surface area contributed by atoms with Crippen LogP contribution in [0.3, 0.4) is 0 Å². The first-order valence-electron chi connectivity index (χ1n) is 7.91. The minimum Gasteiger partial charge on any atom is -0.486 e. The molecule has 0 fully saturated rings. The summed E-state index contributed by atoms with van der Waals surface area (Å²) in [5, 5.41) is 3.54. The number of hydrogen-bond acceptors (Lipinski definition) is 4. The van der Waals surface area contributed by atoms with E-state index >= 15 is 0 Å².